The van der Waals surface area contributed by atoms with Crippen LogP contribution in [0.1, 0.15) is 10.4 Å². The summed E-state index contributed by atoms with van der Waals surface area (Å²) in [7, 11) is 0. The highest BCUT2D eigenvalue weighted by atomic mass is 19.3. The van der Waals surface area contributed by atoms with Crippen molar-refractivity contribution >= 4 is 23.2 Å². The fourth-order valence-electron chi connectivity index (χ4n) is 2.12. The molecule has 0 radical (unpaired) electrons. The summed E-state index contributed by atoms with van der Waals surface area (Å²) >= 11 is 0. The maximum absolute atomic E-state index is 12.2. The van der Waals surface area contributed by atoms with E-state index in [1.165, 1.54) is 24.3 Å². The third-order valence-electron chi connectivity index (χ3n) is 3.31. The quantitative estimate of drug-likeness (QED) is 0.696. The van der Waals surface area contributed by atoms with Gasteiger partial charge >= 0.3 is 6.61 Å². The van der Waals surface area contributed by atoms with Gasteiger partial charge in [-0.3, -0.25) is 4.79 Å². The number of ether oxygens (including phenoxy) is 1. The highest BCUT2D eigenvalue weighted by molar-refractivity contribution is 6.04. The highest BCUT2D eigenvalue weighted by Gasteiger charge is 2.08. The molecule has 1 amide bonds. The van der Waals surface area contributed by atoms with E-state index in [0.29, 0.717) is 17.2 Å². The van der Waals surface area contributed by atoms with Crippen LogP contribution < -0.4 is 15.4 Å². The Morgan fingerprint density at radius 1 is 0.923 bits per heavy atom. The number of rotatable bonds is 6. The summed E-state index contributed by atoms with van der Waals surface area (Å²) in [6, 6.07) is 14.1. The molecular weight excluding hydrogens is 342 g/mol. The van der Waals surface area contributed by atoms with Crippen LogP contribution in [0.25, 0.3) is 0 Å². The summed E-state index contributed by atoms with van der Waals surface area (Å²) in [6.07, 6.45) is 3.24. The molecule has 8 heteroatoms. The van der Waals surface area contributed by atoms with Crippen molar-refractivity contribution in [3.05, 3.63) is 72.6 Å². The van der Waals surface area contributed by atoms with Crippen LogP contribution in [0.2, 0.25) is 0 Å². The van der Waals surface area contributed by atoms with Gasteiger partial charge in [-0.05, 0) is 54.6 Å². The summed E-state index contributed by atoms with van der Waals surface area (Å²) in [5.74, 6) is 0.155. The number of nitrogens with zero attached hydrogens (tertiary/aromatic N) is 2. The zero-order valence-corrected chi connectivity index (χ0v) is 13.4. The molecule has 2 N–H and O–H groups in total. The average molecular weight is 356 g/mol. The number of carbonyl (C=O) groups is 1. The van der Waals surface area contributed by atoms with Crippen LogP contribution >= 0.6 is 0 Å². The van der Waals surface area contributed by atoms with E-state index in [4.69, 9.17) is 0 Å². The van der Waals surface area contributed by atoms with Gasteiger partial charge in [0.1, 0.15) is 5.75 Å². The van der Waals surface area contributed by atoms with Crippen molar-refractivity contribution in [3.8, 4) is 5.75 Å². The van der Waals surface area contributed by atoms with E-state index in [9.17, 15) is 13.6 Å². The van der Waals surface area contributed by atoms with Crippen molar-refractivity contribution in [2.24, 2.45) is 0 Å². The predicted molar refractivity (Wildman–Crippen MR) is 92.8 cm³/mol. The Kier molecular flexibility index (Phi) is 5.33. The highest BCUT2D eigenvalue weighted by Crippen LogP contribution is 2.19. The molecule has 0 spiro atoms. The second-order valence-electron chi connectivity index (χ2n) is 5.13. The van der Waals surface area contributed by atoms with E-state index < -0.39 is 6.61 Å². The average Bonchev–Trinajstić information content (AvgIpc) is 2.64. The maximum Gasteiger partial charge on any atom is 0.387 e. The van der Waals surface area contributed by atoms with E-state index in [0.717, 1.165) is 5.69 Å². The molecule has 2 aromatic carbocycles. The Hall–Kier alpha value is -3.55. The van der Waals surface area contributed by atoms with E-state index in [1.807, 2.05) is 0 Å². The number of halogens is 2. The van der Waals surface area contributed by atoms with Crippen LogP contribution in [0.15, 0.2) is 67.0 Å². The van der Waals surface area contributed by atoms with E-state index in [1.54, 1.807) is 42.7 Å². The Balaban J connectivity index is 1.61. The van der Waals surface area contributed by atoms with Crippen LogP contribution in [-0.2, 0) is 0 Å². The topological polar surface area (TPSA) is 76.1 Å². The van der Waals surface area contributed by atoms with Crippen LogP contribution in [-0.4, -0.2) is 22.5 Å². The monoisotopic (exact) mass is 356 g/mol. The van der Waals surface area contributed by atoms with Crippen LogP contribution in [0.5, 0.6) is 5.75 Å². The van der Waals surface area contributed by atoms with Gasteiger partial charge < -0.3 is 15.4 Å². The first-order valence-electron chi connectivity index (χ1n) is 7.60. The van der Waals surface area contributed by atoms with Crippen molar-refractivity contribution in [2.75, 3.05) is 10.6 Å². The molecule has 3 rings (SSSR count). The van der Waals surface area contributed by atoms with E-state index in [-0.39, 0.29) is 11.7 Å². The lowest BCUT2D eigenvalue weighted by molar-refractivity contribution is -0.0498. The number of hydrogen-bond donors (Lipinski definition) is 2. The predicted octanol–water partition coefficient (Wildman–Crippen LogP) is 4.07. The number of nitrogens with one attached hydrogen (secondary N) is 2. The molecule has 132 valence electrons. The number of carbonyl (C=O) groups excluding carboxylic acids is 1. The Morgan fingerprint density at radius 2 is 1.54 bits per heavy atom. The molecule has 0 bridgehead atoms. The van der Waals surface area contributed by atoms with Gasteiger partial charge in [0.25, 0.3) is 5.91 Å². The minimum absolute atomic E-state index is 0.0246. The standard InChI is InChI=1S/C18H14F2N4O2/c19-17(20)26-15-8-6-13(7-9-15)23-16(25)12-2-4-14(5-3-12)24-18-21-10-1-11-22-18/h1-11,17H,(H,23,25)(H,21,22,24). The second-order valence-corrected chi connectivity index (χ2v) is 5.13. The Labute approximate surface area is 147 Å². The number of hydrogen-bond acceptors (Lipinski definition) is 5. The molecule has 0 fully saturated rings. The fourth-order valence-corrected chi connectivity index (χ4v) is 2.12. The minimum atomic E-state index is -2.89. The Morgan fingerprint density at radius 3 is 2.15 bits per heavy atom. The smallest absolute Gasteiger partial charge is 0.387 e. The third kappa shape index (κ3) is 4.73. The van der Waals surface area contributed by atoms with E-state index >= 15 is 0 Å². The molecule has 26 heavy (non-hydrogen) atoms. The molecule has 3 aromatic rings. The summed E-state index contributed by atoms with van der Waals surface area (Å²) in [4.78, 5) is 20.3. The molecule has 0 saturated carbocycles. The zero-order valence-electron chi connectivity index (χ0n) is 13.4. The van der Waals surface area contributed by atoms with Crippen LogP contribution in [0.4, 0.5) is 26.1 Å². The van der Waals surface area contributed by atoms with Gasteiger partial charge in [-0.15, -0.1) is 0 Å². The lowest BCUT2D eigenvalue weighted by Crippen LogP contribution is -2.11. The minimum Gasteiger partial charge on any atom is -0.435 e. The molecule has 0 aliphatic carbocycles. The van der Waals surface area contributed by atoms with Crippen LogP contribution in [0, 0.1) is 0 Å². The normalized spacial score (nSPS) is 10.4. The van der Waals surface area contributed by atoms with Crippen molar-refractivity contribution in [1.82, 2.24) is 9.97 Å². The number of benzene rings is 2. The molecule has 1 aromatic heterocycles. The molecule has 0 unspecified atom stereocenters. The van der Waals surface area contributed by atoms with Crippen molar-refractivity contribution in [2.45, 2.75) is 6.61 Å². The lowest BCUT2D eigenvalue weighted by atomic mass is 10.2. The zero-order chi connectivity index (χ0) is 18.4. The second kappa shape index (κ2) is 8.02. The van der Waals surface area contributed by atoms with Gasteiger partial charge in [0, 0.05) is 29.3 Å². The van der Waals surface area contributed by atoms with Crippen molar-refractivity contribution in [3.63, 3.8) is 0 Å². The summed E-state index contributed by atoms with van der Waals surface area (Å²) in [6.45, 7) is -2.89. The number of aromatic nitrogens is 2. The molecule has 0 aliphatic rings. The van der Waals surface area contributed by atoms with Gasteiger partial charge in [0.15, 0.2) is 0 Å². The van der Waals surface area contributed by atoms with Gasteiger partial charge in [-0.25, -0.2) is 9.97 Å². The first kappa shape index (κ1) is 17.3. The first-order chi connectivity index (χ1) is 12.6. The molecule has 0 saturated heterocycles. The molecule has 1 heterocycles. The first-order valence-corrected chi connectivity index (χ1v) is 7.60. The van der Waals surface area contributed by atoms with Gasteiger partial charge in [0.2, 0.25) is 5.95 Å². The number of amides is 1. The number of alkyl halides is 2. The SMILES string of the molecule is O=C(Nc1ccc(OC(F)F)cc1)c1ccc(Nc2ncccn2)cc1. The maximum atomic E-state index is 12.2. The fraction of sp³-hybridized carbons (Fsp3) is 0.0556. The Bertz CT molecular complexity index is 857. The summed E-state index contributed by atoms with van der Waals surface area (Å²) in [5.41, 5.74) is 1.65. The molecular formula is C18H14F2N4O2. The molecule has 6 nitrogen and oxygen atoms in total. The number of anilines is 3. The van der Waals surface area contributed by atoms with Crippen molar-refractivity contribution < 1.29 is 18.3 Å². The molecule has 0 atom stereocenters. The van der Waals surface area contributed by atoms with Gasteiger partial charge in [0.05, 0.1) is 0 Å². The van der Waals surface area contributed by atoms with Gasteiger partial charge in [-0.1, -0.05) is 0 Å². The summed E-state index contributed by atoms with van der Waals surface area (Å²) < 4.78 is 28.5. The van der Waals surface area contributed by atoms with E-state index in [2.05, 4.69) is 25.3 Å². The summed E-state index contributed by atoms with van der Waals surface area (Å²) in [5, 5.41) is 5.69. The third-order valence-corrected chi connectivity index (χ3v) is 3.31. The van der Waals surface area contributed by atoms with Gasteiger partial charge in [-0.2, -0.15) is 8.78 Å². The lowest BCUT2D eigenvalue weighted by Gasteiger charge is -2.08. The van der Waals surface area contributed by atoms with Crippen molar-refractivity contribution in [1.29, 1.82) is 0 Å². The largest absolute Gasteiger partial charge is 0.435 e. The van der Waals surface area contributed by atoms with Crippen LogP contribution in [0.3, 0.4) is 0 Å². The molecule has 0 aliphatic heterocycles.